The van der Waals surface area contributed by atoms with Gasteiger partial charge in [-0.25, -0.2) is 14.3 Å². The molecule has 16 heavy (non-hydrogen) atoms. The topological polar surface area (TPSA) is 75.9 Å². The van der Waals surface area contributed by atoms with E-state index in [0.717, 1.165) is 4.57 Å². The fraction of sp³-hybridized carbons (Fsp3) is 0.444. The largest absolute Gasteiger partial charge is 0.331 e. The van der Waals surface area contributed by atoms with Crippen molar-refractivity contribution in [2.75, 3.05) is 14.1 Å². The summed E-state index contributed by atoms with van der Waals surface area (Å²) in [6.45, 7) is 0.245. The Hall–Kier alpha value is -1.89. The maximum atomic E-state index is 12.0. The molecule has 1 N–H and O–H groups in total. The highest BCUT2D eigenvalue weighted by Gasteiger charge is 2.11. The number of hydrogen-bond donors (Lipinski definition) is 1. The molecule has 0 aliphatic rings. The van der Waals surface area contributed by atoms with Gasteiger partial charge in [-0.3, -0.25) is 14.7 Å². The second kappa shape index (κ2) is 3.60. The third kappa shape index (κ3) is 1.54. The molecule has 0 unspecified atom stereocenters. The Labute approximate surface area is 90.9 Å². The first-order valence-electron chi connectivity index (χ1n) is 4.79. The van der Waals surface area contributed by atoms with Crippen molar-refractivity contribution in [3.8, 4) is 0 Å². The summed E-state index contributed by atoms with van der Waals surface area (Å²) in [6, 6.07) is 0. The molecular weight excluding hydrogens is 210 g/mol. The first-order chi connectivity index (χ1) is 7.50. The molecule has 7 nitrogen and oxygen atoms in total. The Kier molecular flexibility index (Phi) is 2.39. The summed E-state index contributed by atoms with van der Waals surface area (Å²) in [5.74, 6) is 0. The molecule has 7 heteroatoms. The number of nitrogens with one attached hydrogen (secondary N) is 1. The van der Waals surface area contributed by atoms with E-state index in [1.807, 2.05) is 0 Å². The molecule has 0 bridgehead atoms. The molecule has 0 saturated heterocycles. The van der Waals surface area contributed by atoms with E-state index in [1.165, 1.54) is 6.33 Å². The number of aromatic nitrogens is 4. The fourth-order valence-electron chi connectivity index (χ4n) is 1.57. The zero-order valence-corrected chi connectivity index (χ0v) is 9.39. The number of aromatic amines is 1. The lowest BCUT2D eigenvalue weighted by Gasteiger charge is -2.10. The third-order valence-electron chi connectivity index (χ3n) is 2.28. The highest BCUT2D eigenvalue weighted by molar-refractivity contribution is 5.68. The van der Waals surface area contributed by atoms with Crippen molar-refractivity contribution >= 4 is 11.2 Å². The molecule has 0 aliphatic carbocycles. The molecule has 0 saturated carbocycles. The quantitative estimate of drug-likeness (QED) is 0.704. The van der Waals surface area contributed by atoms with Crippen molar-refractivity contribution < 1.29 is 0 Å². The lowest BCUT2D eigenvalue weighted by Crippen LogP contribution is -2.39. The van der Waals surface area contributed by atoms with Crippen LogP contribution in [0.2, 0.25) is 0 Å². The minimum Gasteiger partial charge on any atom is -0.328 e. The van der Waals surface area contributed by atoms with Crippen LogP contribution in [0.1, 0.15) is 0 Å². The fourth-order valence-corrected chi connectivity index (χ4v) is 1.57. The second-order valence-corrected chi connectivity index (χ2v) is 3.94. The Bertz CT molecular complexity index is 633. The van der Waals surface area contributed by atoms with Crippen molar-refractivity contribution in [2.24, 2.45) is 7.05 Å². The summed E-state index contributed by atoms with van der Waals surface area (Å²) in [6.07, 6.45) is 1.50. The smallest absolute Gasteiger partial charge is 0.328 e. The Morgan fingerprint density at radius 2 is 2.12 bits per heavy atom. The monoisotopic (exact) mass is 223 g/mol. The van der Waals surface area contributed by atoms with E-state index < -0.39 is 5.69 Å². The van der Waals surface area contributed by atoms with E-state index in [4.69, 9.17) is 0 Å². The van der Waals surface area contributed by atoms with Crippen LogP contribution in [-0.4, -0.2) is 38.1 Å². The van der Waals surface area contributed by atoms with E-state index in [2.05, 4.69) is 9.97 Å². The number of hydrogen-bond acceptors (Lipinski definition) is 4. The highest BCUT2D eigenvalue weighted by atomic mass is 16.2. The summed E-state index contributed by atoms with van der Waals surface area (Å²) in [4.78, 5) is 31.9. The SMILES string of the molecule is CN(C)Cn1c(=O)[nH]c2ncn(C)c2c1=O. The molecule has 0 fully saturated rings. The van der Waals surface area contributed by atoms with E-state index in [-0.39, 0.29) is 12.2 Å². The summed E-state index contributed by atoms with van der Waals surface area (Å²) in [7, 11) is 5.30. The molecular formula is C9H13N5O2. The number of imidazole rings is 1. The van der Waals surface area contributed by atoms with Crippen LogP contribution >= 0.6 is 0 Å². The van der Waals surface area contributed by atoms with E-state index in [0.29, 0.717) is 11.2 Å². The molecule has 0 atom stereocenters. The van der Waals surface area contributed by atoms with Gasteiger partial charge in [-0.05, 0) is 14.1 Å². The van der Waals surface area contributed by atoms with Gasteiger partial charge >= 0.3 is 5.69 Å². The van der Waals surface area contributed by atoms with Gasteiger partial charge in [0.2, 0.25) is 0 Å². The molecule has 0 amide bonds. The van der Waals surface area contributed by atoms with Gasteiger partial charge in [0.1, 0.15) is 0 Å². The van der Waals surface area contributed by atoms with Crippen molar-refractivity contribution in [2.45, 2.75) is 6.67 Å². The number of fused-ring (bicyclic) bond motifs is 1. The predicted octanol–water partition coefficient (Wildman–Crippen LogP) is -1.06. The van der Waals surface area contributed by atoms with Crippen LogP contribution < -0.4 is 11.2 Å². The zero-order chi connectivity index (χ0) is 11.9. The Morgan fingerprint density at radius 1 is 1.44 bits per heavy atom. The minimum atomic E-state index is -0.440. The van der Waals surface area contributed by atoms with Gasteiger partial charge in [0.05, 0.1) is 13.0 Å². The van der Waals surface area contributed by atoms with Gasteiger partial charge in [0, 0.05) is 7.05 Å². The van der Waals surface area contributed by atoms with E-state index in [9.17, 15) is 9.59 Å². The summed E-state index contributed by atoms with van der Waals surface area (Å²) in [5.41, 5.74) is -0.0358. The first-order valence-corrected chi connectivity index (χ1v) is 4.79. The number of rotatable bonds is 2. The third-order valence-corrected chi connectivity index (χ3v) is 2.28. The van der Waals surface area contributed by atoms with Gasteiger partial charge in [-0.1, -0.05) is 0 Å². The van der Waals surface area contributed by atoms with Gasteiger partial charge in [0.15, 0.2) is 11.2 Å². The summed E-state index contributed by atoms with van der Waals surface area (Å²) in [5, 5.41) is 0. The molecule has 0 spiro atoms. The summed E-state index contributed by atoms with van der Waals surface area (Å²) >= 11 is 0. The van der Waals surface area contributed by atoms with E-state index >= 15 is 0 Å². The van der Waals surface area contributed by atoms with Crippen LogP contribution in [0.4, 0.5) is 0 Å². The van der Waals surface area contributed by atoms with Crippen LogP contribution in [0, 0.1) is 0 Å². The Morgan fingerprint density at radius 3 is 2.75 bits per heavy atom. The van der Waals surface area contributed by atoms with Gasteiger partial charge in [-0.2, -0.15) is 0 Å². The predicted molar refractivity (Wildman–Crippen MR) is 59.3 cm³/mol. The molecule has 86 valence electrons. The van der Waals surface area contributed by atoms with Crippen LogP contribution in [-0.2, 0) is 13.7 Å². The minimum absolute atomic E-state index is 0.245. The number of aryl methyl sites for hydroxylation is 1. The molecule has 2 aromatic rings. The van der Waals surface area contributed by atoms with Gasteiger partial charge in [-0.15, -0.1) is 0 Å². The molecule has 0 radical (unpaired) electrons. The van der Waals surface area contributed by atoms with E-state index in [1.54, 1.807) is 30.6 Å². The molecule has 0 aliphatic heterocycles. The van der Waals surface area contributed by atoms with Crippen LogP contribution in [0.3, 0.4) is 0 Å². The van der Waals surface area contributed by atoms with Crippen LogP contribution in [0.5, 0.6) is 0 Å². The summed E-state index contributed by atoms with van der Waals surface area (Å²) < 4.78 is 2.74. The van der Waals surface area contributed by atoms with Crippen molar-refractivity contribution in [1.29, 1.82) is 0 Å². The average Bonchev–Trinajstić information content (AvgIpc) is 2.54. The molecule has 2 heterocycles. The first kappa shape index (κ1) is 10.6. The molecule has 0 aromatic carbocycles. The number of H-pyrrole nitrogens is 1. The van der Waals surface area contributed by atoms with Crippen molar-refractivity contribution in [3.63, 3.8) is 0 Å². The van der Waals surface area contributed by atoms with Crippen LogP contribution in [0.25, 0.3) is 11.2 Å². The normalized spacial score (nSPS) is 11.5. The average molecular weight is 223 g/mol. The van der Waals surface area contributed by atoms with Crippen molar-refractivity contribution in [3.05, 3.63) is 27.2 Å². The highest BCUT2D eigenvalue weighted by Crippen LogP contribution is 1.99. The van der Waals surface area contributed by atoms with Crippen molar-refractivity contribution in [1.82, 2.24) is 24.0 Å². The molecule has 2 rings (SSSR count). The van der Waals surface area contributed by atoms with Crippen LogP contribution in [0.15, 0.2) is 15.9 Å². The Balaban J connectivity index is 2.79. The maximum absolute atomic E-state index is 12.0. The lowest BCUT2D eigenvalue weighted by molar-refractivity contribution is 0.314. The van der Waals surface area contributed by atoms with Gasteiger partial charge in [0.25, 0.3) is 5.56 Å². The molecule has 2 aromatic heterocycles. The lowest BCUT2D eigenvalue weighted by atomic mass is 10.5. The standard InChI is InChI=1S/C9H13N5O2/c1-12(2)5-14-8(15)6-7(11-9(14)16)10-4-13(6)3/h4H,5H2,1-3H3,(H,11,16). The zero-order valence-electron chi connectivity index (χ0n) is 9.39. The second-order valence-electron chi connectivity index (χ2n) is 3.94. The maximum Gasteiger partial charge on any atom is 0.331 e. The number of nitrogens with zero attached hydrogens (tertiary/aromatic N) is 4. The van der Waals surface area contributed by atoms with Gasteiger partial charge < -0.3 is 4.57 Å².